The number of benzene rings is 2. The summed E-state index contributed by atoms with van der Waals surface area (Å²) in [6.45, 7) is 0.403. The molecule has 1 heterocycles. The summed E-state index contributed by atoms with van der Waals surface area (Å²) in [5.74, 6) is 0. The van der Waals surface area contributed by atoms with Gasteiger partial charge in [-0.3, -0.25) is 4.90 Å². The maximum Gasteiger partial charge on any atom is 0.327 e. The van der Waals surface area contributed by atoms with Crippen LogP contribution in [0.1, 0.15) is 11.1 Å². The van der Waals surface area contributed by atoms with Gasteiger partial charge in [-0.25, -0.2) is 4.79 Å². The Bertz CT molecular complexity index is 785. The molecule has 0 radical (unpaired) electrons. The summed E-state index contributed by atoms with van der Waals surface area (Å²) in [4.78, 5) is 14.2. The lowest BCUT2D eigenvalue weighted by atomic mass is 10.2. The van der Waals surface area contributed by atoms with Gasteiger partial charge < -0.3 is 5.32 Å². The van der Waals surface area contributed by atoms with E-state index in [1.54, 1.807) is 24.3 Å². The van der Waals surface area contributed by atoms with Crippen LogP contribution in [-0.2, 0) is 6.54 Å². The first-order valence-electron chi connectivity index (χ1n) is 6.87. The van der Waals surface area contributed by atoms with Crippen molar-refractivity contribution in [1.29, 1.82) is 0 Å². The maximum absolute atomic E-state index is 12.2. The summed E-state index contributed by atoms with van der Waals surface area (Å²) < 4.78 is 0. The quantitative estimate of drug-likeness (QED) is 0.622. The highest BCUT2D eigenvalue weighted by Gasteiger charge is 2.29. The normalized spacial score (nSPS) is 16.1. The van der Waals surface area contributed by atoms with E-state index >= 15 is 0 Å². The Kier molecular flexibility index (Phi) is 4.66. The van der Waals surface area contributed by atoms with Gasteiger partial charge in [-0.1, -0.05) is 59.7 Å². The lowest BCUT2D eigenvalue weighted by Crippen LogP contribution is -2.29. The van der Waals surface area contributed by atoms with Crippen molar-refractivity contribution < 1.29 is 4.79 Å². The number of carbonyl (C=O) groups is 1. The molecule has 1 aliphatic rings. The summed E-state index contributed by atoms with van der Waals surface area (Å²) in [6.07, 6.45) is 1.83. The molecule has 0 atom stereocenters. The lowest BCUT2D eigenvalue weighted by molar-refractivity contribution is 0.228. The first kappa shape index (κ1) is 16.0. The zero-order valence-electron chi connectivity index (χ0n) is 11.9. The molecule has 0 bridgehead atoms. The van der Waals surface area contributed by atoms with Gasteiger partial charge in [-0.05, 0) is 41.5 Å². The minimum atomic E-state index is -0.231. The van der Waals surface area contributed by atoms with Crippen molar-refractivity contribution in [3.63, 3.8) is 0 Å². The topological polar surface area (TPSA) is 32.3 Å². The van der Waals surface area contributed by atoms with Crippen LogP contribution in [0.15, 0.2) is 54.2 Å². The van der Waals surface area contributed by atoms with Crippen LogP contribution in [-0.4, -0.2) is 15.9 Å². The second-order valence-electron chi connectivity index (χ2n) is 5.06. The van der Waals surface area contributed by atoms with Crippen LogP contribution in [0.25, 0.3) is 6.08 Å². The molecule has 23 heavy (non-hydrogen) atoms. The van der Waals surface area contributed by atoms with Crippen LogP contribution >= 0.6 is 35.4 Å². The van der Waals surface area contributed by atoms with Crippen molar-refractivity contribution in [2.45, 2.75) is 6.54 Å². The predicted octanol–water partition coefficient (Wildman–Crippen LogP) is 4.89. The minimum absolute atomic E-state index is 0.231. The first-order chi connectivity index (χ1) is 11.0. The zero-order valence-corrected chi connectivity index (χ0v) is 14.3. The fourth-order valence-corrected chi connectivity index (χ4v) is 2.72. The van der Waals surface area contributed by atoms with E-state index < -0.39 is 0 Å². The molecule has 3 nitrogen and oxygen atoms in total. The maximum atomic E-state index is 12.2. The molecule has 0 saturated carbocycles. The Hall–Kier alpha value is -1.88. The second kappa shape index (κ2) is 6.71. The molecule has 0 unspecified atom stereocenters. The number of thiocarbonyl (C=S) groups is 1. The Morgan fingerprint density at radius 2 is 1.57 bits per heavy atom. The third kappa shape index (κ3) is 3.72. The van der Waals surface area contributed by atoms with Gasteiger partial charge in [-0.2, -0.15) is 0 Å². The number of hydrogen-bond donors (Lipinski definition) is 1. The van der Waals surface area contributed by atoms with Gasteiger partial charge in [0.25, 0.3) is 0 Å². The zero-order chi connectivity index (χ0) is 16.4. The van der Waals surface area contributed by atoms with E-state index in [9.17, 15) is 4.79 Å². The van der Waals surface area contributed by atoms with E-state index in [0.29, 0.717) is 27.3 Å². The smallest absolute Gasteiger partial charge is 0.305 e. The number of halogens is 2. The standard InChI is InChI=1S/C17H12Cl2N2OS/c18-13-5-1-11(2-6-13)9-15-16(23)21(17(22)20-15)10-12-3-7-14(19)8-4-12/h1-9H,10H2,(H,20,22)/b15-9+. The average Bonchev–Trinajstić information content (AvgIpc) is 2.79. The summed E-state index contributed by atoms with van der Waals surface area (Å²) in [6, 6.07) is 14.4. The molecule has 1 N–H and O–H groups in total. The largest absolute Gasteiger partial charge is 0.327 e. The van der Waals surface area contributed by atoms with Crippen molar-refractivity contribution in [1.82, 2.24) is 10.2 Å². The summed E-state index contributed by atoms with van der Waals surface area (Å²) >= 11 is 17.2. The highest BCUT2D eigenvalue weighted by Crippen LogP contribution is 2.20. The third-order valence-corrected chi connectivity index (χ3v) is 4.34. The Labute approximate surface area is 149 Å². The Morgan fingerprint density at radius 1 is 1.00 bits per heavy atom. The molecule has 1 saturated heterocycles. The molecule has 0 aromatic heterocycles. The highest BCUT2D eigenvalue weighted by atomic mass is 35.5. The van der Waals surface area contributed by atoms with Gasteiger partial charge in [-0.15, -0.1) is 0 Å². The molecule has 6 heteroatoms. The van der Waals surface area contributed by atoms with Crippen LogP contribution in [0.4, 0.5) is 4.79 Å². The van der Waals surface area contributed by atoms with Crippen molar-refractivity contribution in [3.8, 4) is 0 Å². The Balaban J connectivity index is 1.79. The predicted molar refractivity (Wildman–Crippen MR) is 97.6 cm³/mol. The number of nitrogens with zero attached hydrogens (tertiary/aromatic N) is 1. The summed E-state index contributed by atoms with van der Waals surface area (Å²) in [5.41, 5.74) is 2.49. The van der Waals surface area contributed by atoms with Crippen molar-refractivity contribution in [2.75, 3.05) is 0 Å². The number of nitrogens with one attached hydrogen (secondary N) is 1. The molecule has 0 aliphatic carbocycles. The molecule has 1 aliphatic heterocycles. The monoisotopic (exact) mass is 362 g/mol. The summed E-state index contributed by atoms with van der Waals surface area (Å²) in [5, 5.41) is 4.12. The minimum Gasteiger partial charge on any atom is -0.305 e. The van der Waals surface area contributed by atoms with E-state index in [1.165, 1.54) is 4.90 Å². The molecule has 116 valence electrons. The van der Waals surface area contributed by atoms with Gasteiger partial charge in [0.15, 0.2) is 0 Å². The molecule has 2 amide bonds. The molecule has 0 spiro atoms. The third-order valence-electron chi connectivity index (χ3n) is 3.40. The van der Waals surface area contributed by atoms with Crippen LogP contribution in [0.3, 0.4) is 0 Å². The second-order valence-corrected chi connectivity index (χ2v) is 6.32. The SMILES string of the molecule is O=C1N/C(=C/c2ccc(Cl)cc2)C(=S)N1Cc1ccc(Cl)cc1. The number of amides is 2. The van der Waals surface area contributed by atoms with Gasteiger partial charge in [0, 0.05) is 10.0 Å². The molecular formula is C17H12Cl2N2OS. The first-order valence-corrected chi connectivity index (χ1v) is 8.04. The molecule has 3 rings (SSSR count). The fourth-order valence-electron chi connectivity index (χ4n) is 2.21. The van der Waals surface area contributed by atoms with Crippen LogP contribution in [0.5, 0.6) is 0 Å². The van der Waals surface area contributed by atoms with Gasteiger partial charge >= 0.3 is 6.03 Å². The van der Waals surface area contributed by atoms with E-state index in [0.717, 1.165) is 11.1 Å². The Morgan fingerprint density at radius 3 is 2.17 bits per heavy atom. The number of hydrogen-bond acceptors (Lipinski definition) is 2. The van der Waals surface area contributed by atoms with Gasteiger partial charge in [0.05, 0.1) is 12.2 Å². The van der Waals surface area contributed by atoms with E-state index in [-0.39, 0.29) is 6.03 Å². The van der Waals surface area contributed by atoms with Crippen molar-refractivity contribution in [3.05, 3.63) is 75.4 Å². The molecular weight excluding hydrogens is 351 g/mol. The number of carbonyl (C=O) groups excluding carboxylic acids is 1. The van der Waals surface area contributed by atoms with Crippen molar-refractivity contribution in [2.24, 2.45) is 0 Å². The van der Waals surface area contributed by atoms with E-state index in [1.807, 2.05) is 30.3 Å². The number of rotatable bonds is 3. The van der Waals surface area contributed by atoms with Crippen LogP contribution < -0.4 is 5.32 Å². The van der Waals surface area contributed by atoms with Crippen LogP contribution in [0.2, 0.25) is 10.0 Å². The summed E-state index contributed by atoms with van der Waals surface area (Å²) in [7, 11) is 0. The average molecular weight is 363 g/mol. The van der Waals surface area contributed by atoms with Gasteiger partial charge in [0.1, 0.15) is 4.99 Å². The fraction of sp³-hybridized carbons (Fsp3) is 0.0588. The molecule has 2 aromatic rings. The van der Waals surface area contributed by atoms with E-state index in [2.05, 4.69) is 5.32 Å². The highest BCUT2D eigenvalue weighted by molar-refractivity contribution is 7.80. The van der Waals surface area contributed by atoms with Crippen LogP contribution in [0, 0.1) is 0 Å². The molecule has 2 aromatic carbocycles. The molecule has 1 fully saturated rings. The van der Waals surface area contributed by atoms with Crippen molar-refractivity contribution >= 4 is 52.5 Å². The lowest BCUT2D eigenvalue weighted by Gasteiger charge is -2.13. The van der Waals surface area contributed by atoms with E-state index in [4.69, 9.17) is 35.4 Å². The van der Waals surface area contributed by atoms with Gasteiger partial charge in [0.2, 0.25) is 0 Å². The number of urea groups is 1.